The van der Waals surface area contributed by atoms with Gasteiger partial charge in [-0.25, -0.2) is 4.98 Å². The van der Waals surface area contributed by atoms with Crippen LogP contribution in [0.15, 0.2) is 60.7 Å². The number of ether oxygens (including phenoxy) is 1. The molecule has 2 aromatic heterocycles. The number of halogens is 1. The second kappa shape index (κ2) is 8.52. The van der Waals surface area contributed by atoms with Crippen molar-refractivity contribution < 1.29 is 9.53 Å². The van der Waals surface area contributed by atoms with Gasteiger partial charge >= 0.3 is 0 Å². The fraction of sp³-hybridized carbons (Fsp3) is 0.240. The number of aldehydes is 1. The number of nitrogens with one attached hydrogen (secondary N) is 1. The Kier molecular flexibility index (Phi) is 5.43. The monoisotopic (exact) mass is 431 g/mol. The van der Waals surface area contributed by atoms with Crippen molar-refractivity contribution in [3.8, 4) is 28.4 Å². The standard InChI is InChI=1S/C25H22ClN3O2/c26-21-14-22-24(29-25(27-22)31-20-12-6-16(15-30)7-13-20)28-23(21)19-10-8-18(9-11-19)17-4-2-1-3-5-17/h1-5,8-11,14-16,20H,6-7,12-13H2,(H,27,28,29)/t16-,20-. The van der Waals surface area contributed by atoms with Gasteiger partial charge in [0.25, 0.3) is 6.01 Å². The maximum atomic E-state index is 10.9. The molecule has 0 aliphatic heterocycles. The molecule has 1 aliphatic rings. The molecule has 156 valence electrons. The number of pyridine rings is 1. The van der Waals surface area contributed by atoms with E-state index in [1.807, 2.05) is 36.4 Å². The highest BCUT2D eigenvalue weighted by Gasteiger charge is 2.23. The lowest BCUT2D eigenvalue weighted by Crippen LogP contribution is -2.25. The number of carbonyl (C=O) groups excluding carboxylic acids is 1. The Morgan fingerprint density at radius 2 is 1.58 bits per heavy atom. The molecule has 2 aromatic carbocycles. The van der Waals surface area contributed by atoms with Crippen LogP contribution >= 0.6 is 11.6 Å². The second-order valence-corrected chi connectivity index (χ2v) is 8.37. The number of hydrogen-bond donors (Lipinski definition) is 1. The Labute approximate surface area is 185 Å². The van der Waals surface area contributed by atoms with Gasteiger partial charge in [0, 0.05) is 11.5 Å². The maximum absolute atomic E-state index is 10.9. The molecule has 4 aromatic rings. The van der Waals surface area contributed by atoms with E-state index in [1.54, 1.807) is 0 Å². The molecule has 6 heteroatoms. The molecule has 1 fully saturated rings. The van der Waals surface area contributed by atoms with Crippen LogP contribution < -0.4 is 4.74 Å². The Balaban J connectivity index is 1.37. The van der Waals surface area contributed by atoms with Gasteiger partial charge < -0.3 is 14.5 Å². The second-order valence-electron chi connectivity index (χ2n) is 7.97. The first-order chi connectivity index (χ1) is 15.2. The van der Waals surface area contributed by atoms with Crippen molar-refractivity contribution in [3.05, 3.63) is 65.7 Å². The normalized spacial score (nSPS) is 18.7. The van der Waals surface area contributed by atoms with Crippen LogP contribution in [0.4, 0.5) is 0 Å². The number of rotatable bonds is 5. The molecule has 1 aliphatic carbocycles. The summed E-state index contributed by atoms with van der Waals surface area (Å²) in [5.74, 6) is 0.159. The molecule has 0 radical (unpaired) electrons. The molecule has 31 heavy (non-hydrogen) atoms. The summed E-state index contributed by atoms with van der Waals surface area (Å²) in [5.41, 5.74) is 5.25. The van der Waals surface area contributed by atoms with Crippen LogP contribution in [0.3, 0.4) is 0 Å². The van der Waals surface area contributed by atoms with Crippen LogP contribution in [-0.2, 0) is 4.79 Å². The lowest BCUT2D eigenvalue weighted by Gasteiger charge is -2.24. The topological polar surface area (TPSA) is 67.9 Å². The highest BCUT2D eigenvalue weighted by Crippen LogP contribution is 2.32. The number of hydrogen-bond acceptors (Lipinski definition) is 4. The minimum Gasteiger partial charge on any atom is -0.461 e. The predicted octanol–water partition coefficient (Wildman–Crippen LogP) is 6.08. The molecule has 5 nitrogen and oxygen atoms in total. The SMILES string of the molecule is O=C[C@H]1CC[C@H](Oc2nc3nc(-c4ccc(-c5ccccc5)cc4)c(Cl)cc3[nH]2)CC1. The van der Waals surface area contributed by atoms with Gasteiger partial charge in [-0.3, -0.25) is 0 Å². The summed E-state index contributed by atoms with van der Waals surface area (Å²) < 4.78 is 6.02. The van der Waals surface area contributed by atoms with Crippen molar-refractivity contribution in [2.75, 3.05) is 0 Å². The molecule has 1 saturated carbocycles. The molecule has 0 atom stereocenters. The van der Waals surface area contributed by atoms with E-state index in [0.29, 0.717) is 22.4 Å². The van der Waals surface area contributed by atoms with Crippen molar-refractivity contribution in [1.29, 1.82) is 0 Å². The largest absolute Gasteiger partial charge is 0.461 e. The van der Waals surface area contributed by atoms with Crippen molar-refractivity contribution in [2.24, 2.45) is 5.92 Å². The fourth-order valence-electron chi connectivity index (χ4n) is 4.11. The van der Waals surface area contributed by atoms with E-state index in [1.165, 1.54) is 5.56 Å². The van der Waals surface area contributed by atoms with Gasteiger partial charge in [0.15, 0.2) is 5.65 Å². The zero-order valence-corrected chi connectivity index (χ0v) is 17.7. The number of aromatic nitrogens is 3. The van der Waals surface area contributed by atoms with Crippen molar-refractivity contribution in [2.45, 2.75) is 31.8 Å². The van der Waals surface area contributed by atoms with Gasteiger partial charge in [0.1, 0.15) is 12.4 Å². The van der Waals surface area contributed by atoms with Crippen molar-refractivity contribution in [3.63, 3.8) is 0 Å². The fourth-order valence-corrected chi connectivity index (χ4v) is 4.37. The van der Waals surface area contributed by atoms with E-state index < -0.39 is 0 Å². The van der Waals surface area contributed by atoms with Crippen molar-refractivity contribution in [1.82, 2.24) is 15.0 Å². The van der Waals surface area contributed by atoms with E-state index >= 15 is 0 Å². The highest BCUT2D eigenvalue weighted by atomic mass is 35.5. The molecule has 0 saturated heterocycles. The summed E-state index contributed by atoms with van der Waals surface area (Å²) in [6.45, 7) is 0. The van der Waals surface area contributed by atoms with Crippen LogP contribution in [0, 0.1) is 5.92 Å². The number of benzene rings is 2. The molecular weight excluding hydrogens is 410 g/mol. The summed E-state index contributed by atoms with van der Waals surface area (Å²) >= 11 is 6.54. The van der Waals surface area contributed by atoms with Gasteiger partial charge in [-0.15, -0.1) is 0 Å². The summed E-state index contributed by atoms with van der Waals surface area (Å²) in [6, 6.07) is 20.7. The van der Waals surface area contributed by atoms with Gasteiger partial charge in [-0.05, 0) is 42.9 Å². The number of nitrogens with zero attached hydrogens (tertiary/aromatic N) is 2. The molecule has 2 heterocycles. The third-order valence-electron chi connectivity index (χ3n) is 5.86. The van der Waals surface area contributed by atoms with Crippen LogP contribution in [0.5, 0.6) is 6.01 Å². The van der Waals surface area contributed by atoms with Gasteiger partial charge in [-0.2, -0.15) is 4.98 Å². The molecule has 5 rings (SSSR count). The van der Waals surface area contributed by atoms with E-state index in [0.717, 1.165) is 48.6 Å². The zero-order valence-electron chi connectivity index (χ0n) is 16.9. The van der Waals surface area contributed by atoms with Crippen LogP contribution in [0.2, 0.25) is 5.02 Å². The number of carbonyl (C=O) groups is 1. The number of H-pyrrole nitrogens is 1. The number of fused-ring (bicyclic) bond motifs is 1. The summed E-state index contributed by atoms with van der Waals surface area (Å²) in [7, 11) is 0. The minimum absolute atomic E-state index is 0.0669. The smallest absolute Gasteiger partial charge is 0.296 e. The predicted molar refractivity (Wildman–Crippen MR) is 122 cm³/mol. The molecule has 0 spiro atoms. The van der Waals surface area contributed by atoms with E-state index in [-0.39, 0.29) is 12.0 Å². The van der Waals surface area contributed by atoms with Crippen molar-refractivity contribution >= 4 is 29.1 Å². The summed E-state index contributed by atoms with van der Waals surface area (Å²) in [6.07, 6.45) is 4.55. The Bertz CT molecular complexity index is 1200. The molecular formula is C25H22ClN3O2. The Morgan fingerprint density at radius 1 is 0.903 bits per heavy atom. The molecule has 0 amide bonds. The first-order valence-electron chi connectivity index (χ1n) is 10.5. The Hall–Kier alpha value is -3.18. The average Bonchev–Trinajstić information content (AvgIpc) is 3.20. The quantitative estimate of drug-likeness (QED) is 0.389. The average molecular weight is 432 g/mol. The number of aromatic amines is 1. The van der Waals surface area contributed by atoms with Gasteiger partial charge in [0.05, 0.1) is 16.2 Å². The van der Waals surface area contributed by atoms with Crippen LogP contribution in [0.1, 0.15) is 25.7 Å². The number of imidazole rings is 1. The highest BCUT2D eigenvalue weighted by molar-refractivity contribution is 6.33. The first-order valence-corrected chi connectivity index (χ1v) is 10.9. The third kappa shape index (κ3) is 4.19. The van der Waals surface area contributed by atoms with Gasteiger partial charge in [-0.1, -0.05) is 66.2 Å². The summed E-state index contributed by atoms with van der Waals surface area (Å²) in [5, 5.41) is 0.557. The lowest BCUT2D eigenvalue weighted by atomic mass is 9.88. The molecule has 0 unspecified atom stereocenters. The zero-order chi connectivity index (χ0) is 21.2. The Morgan fingerprint density at radius 3 is 2.29 bits per heavy atom. The first kappa shape index (κ1) is 19.8. The summed E-state index contributed by atoms with van der Waals surface area (Å²) in [4.78, 5) is 23.3. The third-order valence-corrected chi connectivity index (χ3v) is 6.15. The minimum atomic E-state index is 0.0669. The van der Waals surface area contributed by atoms with Crippen LogP contribution in [-0.4, -0.2) is 27.3 Å². The van der Waals surface area contributed by atoms with Crippen LogP contribution in [0.25, 0.3) is 33.5 Å². The van der Waals surface area contributed by atoms with E-state index in [9.17, 15) is 4.79 Å². The van der Waals surface area contributed by atoms with Gasteiger partial charge in [0.2, 0.25) is 0 Å². The van der Waals surface area contributed by atoms with E-state index in [2.05, 4.69) is 39.2 Å². The lowest BCUT2D eigenvalue weighted by molar-refractivity contribution is -0.112. The molecule has 1 N–H and O–H groups in total. The molecule has 0 bridgehead atoms. The van der Waals surface area contributed by atoms with E-state index in [4.69, 9.17) is 16.3 Å². The maximum Gasteiger partial charge on any atom is 0.296 e.